The molecule has 4 amide bonds. The summed E-state index contributed by atoms with van der Waals surface area (Å²) in [5.41, 5.74) is -2.07. The van der Waals surface area contributed by atoms with Gasteiger partial charge in [0.2, 0.25) is 17.4 Å². The first kappa shape index (κ1) is 24.8. The van der Waals surface area contributed by atoms with Crippen molar-refractivity contribution in [2.24, 2.45) is 11.3 Å². The number of anilines is 1. The zero-order chi connectivity index (χ0) is 26.7. The van der Waals surface area contributed by atoms with Crippen LogP contribution in [0, 0.1) is 22.7 Å². The van der Waals surface area contributed by atoms with Gasteiger partial charge in [-0.25, -0.2) is 9.78 Å². The van der Waals surface area contributed by atoms with Gasteiger partial charge in [0.25, 0.3) is 5.91 Å². The number of ether oxygens (including phenoxy) is 2. The molecule has 1 spiro atoms. The molecule has 1 saturated carbocycles. The van der Waals surface area contributed by atoms with Crippen molar-refractivity contribution in [1.82, 2.24) is 20.1 Å². The highest BCUT2D eigenvalue weighted by atomic mass is 16.5. The SMILES string of the molecule is COC(=O)N[C@H](C(=O)N1[C@H](C(=O)N2C[C@@]3(C[C@H]2C#N)Oc2cccnc2NC3=O)CC2C[C@@H]21)C(C)(C)C. The largest absolute Gasteiger partial charge is 0.472 e. The standard InChI is InChI=1S/C25H30N6O6/c1-24(2,3)18(28-23(35)36-4)21(33)31-15-8-13(15)9-16(31)20(32)30-12-25(10-14(30)11-26)22(34)29-19-17(37-25)6-5-7-27-19/h5-7,13-16,18H,8-10,12H2,1-4H3,(H,28,35)(H,27,29,34)/t13?,14-,15-,16-,18+,25+/m0/s1. The number of piperidine rings is 1. The quantitative estimate of drug-likeness (QED) is 0.611. The minimum absolute atomic E-state index is 0.00254. The number of fused-ring (bicyclic) bond motifs is 2. The van der Waals surface area contributed by atoms with Crippen molar-refractivity contribution in [2.45, 2.75) is 69.8 Å². The Balaban J connectivity index is 1.40. The zero-order valence-corrected chi connectivity index (χ0v) is 21.2. The molecule has 1 aromatic heterocycles. The lowest BCUT2D eigenvalue weighted by molar-refractivity contribution is -0.148. The number of nitrogens with one attached hydrogen (secondary N) is 2. The molecular formula is C25H30N6O6. The molecule has 0 bridgehead atoms. The van der Waals surface area contributed by atoms with Crippen molar-refractivity contribution in [3.63, 3.8) is 0 Å². The van der Waals surface area contributed by atoms with Gasteiger partial charge in [0.1, 0.15) is 18.1 Å². The number of carbonyl (C=O) groups excluding carboxylic acids is 4. The number of likely N-dealkylation sites (tertiary alicyclic amines) is 2. The minimum Gasteiger partial charge on any atom is -0.472 e. The predicted octanol–water partition coefficient (Wildman–Crippen LogP) is 1.04. The maximum atomic E-state index is 13.9. The first-order chi connectivity index (χ1) is 17.5. The monoisotopic (exact) mass is 510 g/mol. The Morgan fingerprint density at radius 2 is 2.11 bits per heavy atom. The fraction of sp³-hybridized carbons (Fsp3) is 0.600. The lowest BCUT2D eigenvalue weighted by Gasteiger charge is -2.37. The van der Waals surface area contributed by atoms with E-state index in [9.17, 15) is 24.4 Å². The Morgan fingerprint density at radius 1 is 1.35 bits per heavy atom. The molecule has 4 aliphatic rings. The Hall–Kier alpha value is -3.88. The number of methoxy groups -OCH3 is 1. The second-order valence-corrected chi connectivity index (χ2v) is 11.2. The molecule has 0 radical (unpaired) electrons. The molecule has 37 heavy (non-hydrogen) atoms. The summed E-state index contributed by atoms with van der Waals surface area (Å²) in [5, 5.41) is 15.2. The van der Waals surface area contributed by atoms with E-state index in [0.29, 0.717) is 12.2 Å². The van der Waals surface area contributed by atoms with E-state index in [0.717, 1.165) is 6.42 Å². The molecule has 12 heteroatoms. The molecule has 3 fully saturated rings. The lowest BCUT2D eigenvalue weighted by Crippen LogP contribution is -2.59. The summed E-state index contributed by atoms with van der Waals surface area (Å²) in [4.78, 5) is 59.8. The maximum Gasteiger partial charge on any atom is 0.407 e. The number of rotatable bonds is 3. The molecule has 2 N–H and O–H groups in total. The van der Waals surface area contributed by atoms with Gasteiger partial charge >= 0.3 is 6.09 Å². The van der Waals surface area contributed by atoms with Crippen molar-refractivity contribution in [1.29, 1.82) is 5.26 Å². The molecule has 12 nitrogen and oxygen atoms in total. The van der Waals surface area contributed by atoms with Gasteiger partial charge in [0.15, 0.2) is 11.6 Å². The van der Waals surface area contributed by atoms with Crippen LogP contribution in [0.4, 0.5) is 10.6 Å². The summed E-state index contributed by atoms with van der Waals surface area (Å²) < 4.78 is 10.8. The molecule has 6 atom stereocenters. The molecule has 1 aliphatic carbocycles. The average molecular weight is 511 g/mol. The number of aromatic nitrogens is 1. The van der Waals surface area contributed by atoms with Gasteiger partial charge in [-0.1, -0.05) is 20.8 Å². The van der Waals surface area contributed by atoms with Crippen LogP contribution >= 0.6 is 0 Å². The highest BCUT2D eigenvalue weighted by molar-refractivity contribution is 6.01. The summed E-state index contributed by atoms with van der Waals surface area (Å²) in [6.45, 7) is 5.35. The molecule has 2 saturated heterocycles. The summed E-state index contributed by atoms with van der Waals surface area (Å²) in [7, 11) is 1.22. The van der Waals surface area contributed by atoms with Crippen molar-refractivity contribution < 1.29 is 28.7 Å². The van der Waals surface area contributed by atoms with E-state index in [2.05, 4.69) is 21.7 Å². The van der Waals surface area contributed by atoms with Gasteiger partial charge in [0, 0.05) is 18.7 Å². The average Bonchev–Trinajstić information content (AvgIpc) is 3.36. The van der Waals surface area contributed by atoms with Crippen molar-refractivity contribution in [2.75, 3.05) is 19.0 Å². The van der Waals surface area contributed by atoms with Crippen LogP contribution in [-0.2, 0) is 19.1 Å². The summed E-state index contributed by atoms with van der Waals surface area (Å²) in [6.07, 6.45) is 2.04. The third-order valence-electron chi connectivity index (χ3n) is 7.68. The van der Waals surface area contributed by atoms with Crippen LogP contribution in [0.3, 0.4) is 0 Å². The Bertz CT molecular complexity index is 1210. The number of carbonyl (C=O) groups is 4. The molecule has 196 valence electrons. The first-order valence-electron chi connectivity index (χ1n) is 12.3. The Kier molecular flexibility index (Phi) is 5.77. The molecule has 4 heterocycles. The number of hydrogen-bond acceptors (Lipinski definition) is 8. The van der Waals surface area contributed by atoms with E-state index in [-0.39, 0.29) is 36.7 Å². The van der Waals surface area contributed by atoms with E-state index in [4.69, 9.17) is 9.47 Å². The minimum atomic E-state index is -1.43. The molecular weight excluding hydrogens is 480 g/mol. The number of hydrogen-bond donors (Lipinski definition) is 2. The summed E-state index contributed by atoms with van der Waals surface area (Å²) in [5.74, 6) is -0.393. The van der Waals surface area contributed by atoms with Gasteiger partial charge in [-0.2, -0.15) is 5.26 Å². The summed E-state index contributed by atoms with van der Waals surface area (Å²) >= 11 is 0. The number of pyridine rings is 1. The molecule has 1 aromatic rings. The van der Waals surface area contributed by atoms with Gasteiger partial charge in [-0.05, 0) is 36.3 Å². The van der Waals surface area contributed by atoms with Crippen LogP contribution in [0.5, 0.6) is 5.75 Å². The number of nitriles is 1. The van der Waals surface area contributed by atoms with E-state index < -0.39 is 47.0 Å². The lowest BCUT2D eigenvalue weighted by atomic mass is 9.85. The van der Waals surface area contributed by atoms with Gasteiger partial charge in [0.05, 0.1) is 19.7 Å². The van der Waals surface area contributed by atoms with Crippen LogP contribution in [-0.4, -0.2) is 82.0 Å². The molecule has 1 unspecified atom stereocenters. The van der Waals surface area contributed by atoms with E-state index in [1.165, 1.54) is 18.2 Å². The normalized spacial score (nSPS) is 30.4. The second-order valence-electron chi connectivity index (χ2n) is 11.2. The van der Waals surface area contributed by atoms with E-state index in [1.54, 1.807) is 17.0 Å². The zero-order valence-electron chi connectivity index (χ0n) is 21.2. The number of amides is 4. The molecule has 5 rings (SSSR count). The number of nitrogens with zero attached hydrogens (tertiary/aromatic N) is 4. The fourth-order valence-corrected chi connectivity index (χ4v) is 5.66. The van der Waals surface area contributed by atoms with E-state index in [1.807, 2.05) is 20.8 Å². The van der Waals surface area contributed by atoms with Gasteiger partial charge in [-0.3, -0.25) is 14.4 Å². The van der Waals surface area contributed by atoms with Crippen LogP contribution in [0.2, 0.25) is 0 Å². The predicted molar refractivity (Wildman–Crippen MR) is 128 cm³/mol. The number of alkyl carbamates (subject to hydrolysis) is 1. The topological polar surface area (TPSA) is 154 Å². The molecule has 3 aliphatic heterocycles. The van der Waals surface area contributed by atoms with Gasteiger partial charge < -0.3 is 29.9 Å². The van der Waals surface area contributed by atoms with Crippen molar-refractivity contribution in [3.8, 4) is 11.8 Å². The second kappa shape index (κ2) is 8.61. The van der Waals surface area contributed by atoms with Crippen LogP contribution in [0.25, 0.3) is 0 Å². The smallest absolute Gasteiger partial charge is 0.407 e. The highest BCUT2D eigenvalue weighted by Gasteiger charge is 2.61. The van der Waals surface area contributed by atoms with Crippen LogP contribution in [0.1, 0.15) is 40.0 Å². The van der Waals surface area contributed by atoms with E-state index >= 15 is 0 Å². The van der Waals surface area contributed by atoms with Crippen molar-refractivity contribution >= 4 is 29.6 Å². The highest BCUT2D eigenvalue weighted by Crippen LogP contribution is 2.50. The van der Waals surface area contributed by atoms with Crippen LogP contribution in [0.15, 0.2) is 18.3 Å². The molecule has 0 aromatic carbocycles. The fourth-order valence-electron chi connectivity index (χ4n) is 5.66. The Labute approximate surface area is 214 Å². The Morgan fingerprint density at radius 3 is 2.78 bits per heavy atom. The van der Waals surface area contributed by atoms with Gasteiger partial charge in [-0.15, -0.1) is 0 Å². The first-order valence-corrected chi connectivity index (χ1v) is 12.3. The third kappa shape index (κ3) is 4.12. The van der Waals surface area contributed by atoms with Crippen LogP contribution < -0.4 is 15.4 Å². The maximum absolute atomic E-state index is 13.9. The van der Waals surface area contributed by atoms with Crippen molar-refractivity contribution in [3.05, 3.63) is 18.3 Å². The summed E-state index contributed by atoms with van der Waals surface area (Å²) in [6, 6.07) is 2.75. The third-order valence-corrected chi connectivity index (χ3v) is 7.68.